The van der Waals surface area contributed by atoms with Gasteiger partial charge in [0.1, 0.15) is 23.1 Å². The Morgan fingerprint density at radius 1 is 1.14 bits per heavy atom. The zero-order valence-corrected chi connectivity index (χ0v) is 13.6. The monoisotopic (exact) mass is 376 g/mol. The van der Waals surface area contributed by atoms with Crippen LogP contribution in [0.3, 0.4) is 0 Å². The fraction of sp³-hybridized carbons (Fsp3) is 0.200. The third kappa shape index (κ3) is 3.54. The molecule has 0 aliphatic rings. The summed E-state index contributed by atoms with van der Waals surface area (Å²) in [4.78, 5) is 0. The molecule has 0 aliphatic heterocycles. The zero-order chi connectivity index (χ0) is 15.7. The van der Waals surface area contributed by atoms with Crippen molar-refractivity contribution in [2.24, 2.45) is 0 Å². The lowest BCUT2D eigenvalue weighted by atomic mass is 10.1. The van der Waals surface area contributed by atoms with Gasteiger partial charge in [-0.3, -0.25) is 0 Å². The van der Waals surface area contributed by atoms with E-state index in [0.717, 1.165) is 6.07 Å². The van der Waals surface area contributed by atoms with Gasteiger partial charge in [0, 0.05) is 11.6 Å². The van der Waals surface area contributed by atoms with E-state index in [1.165, 1.54) is 25.1 Å². The van der Waals surface area contributed by atoms with Crippen molar-refractivity contribution >= 4 is 27.5 Å². The molecule has 0 saturated heterocycles. The smallest absolute Gasteiger partial charge is 0.145 e. The number of aliphatic hydroxyl groups excluding tert-OH is 1. The van der Waals surface area contributed by atoms with Crippen LogP contribution in [0.2, 0.25) is 5.02 Å². The van der Waals surface area contributed by atoms with Crippen molar-refractivity contribution in [2.45, 2.75) is 20.0 Å². The third-order valence-corrected chi connectivity index (χ3v) is 3.85. The number of aliphatic hydroxyl groups is 1. The Morgan fingerprint density at radius 3 is 2.43 bits per heavy atom. The van der Waals surface area contributed by atoms with Gasteiger partial charge in [-0.1, -0.05) is 11.6 Å². The first-order valence-corrected chi connectivity index (χ1v) is 7.27. The Balaban J connectivity index is 2.48. The van der Waals surface area contributed by atoms with Gasteiger partial charge in [-0.25, -0.2) is 8.78 Å². The van der Waals surface area contributed by atoms with Gasteiger partial charge in [0.05, 0.1) is 15.6 Å². The van der Waals surface area contributed by atoms with Gasteiger partial charge < -0.3 is 9.84 Å². The van der Waals surface area contributed by atoms with Gasteiger partial charge in [-0.05, 0) is 53.5 Å². The molecule has 2 aromatic rings. The predicted molar refractivity (Wildman–Crippen MR) is 81.0 cm³/mol. The summed E-state index contributed by atoms with van der Waals surface area (Å²) in [7, 11) is 0. The summed E-state index contributed by atoms with van der Waals surface area (Å²) < 4.78 is 33.2. The van der Waals surface area contributed by atoms with E-state index < -0.39 is 17.7 Å². The van der Waals surface area contributed by atoms with Crippen molar-refractivity contribution in [1.29, 1.82) is 0 Å². The van der Waals surface area contributed by atoms with Gasteiger partial charge in [-0.15, -0.1) is 0 Å². The van der Waals surface area contributed by atoms with E-state index in [1.807, 2.05) is 0 Å². The summed E-state index contributed by atoms with van der Waals surface area (Å²) in [6, 6.07) is 5.15. The molecule has 0 aliphatic carbocycles. The molecule has 2 aromatic carbocycles. The van der Waals surface area contributed by atoms with Gasteiger partial charge in [0.2, 0.25) is 0 Å². The van der Waals surface area contributed by atoms with Crippen LogP contribution in [-0.2, 0) is 0 Å². The average molecular weight is 378 g/mol. The first-order chi connectivity index (χ1) is 9.79. The maximum Gasteiger partial charge on any atom is 0.145 e. The summed E-state index contributed by atoms with van der Waals surface area (Å²) in [6.07, 6.45) is -0.925. The standard InChI is InChI=1S/C15H12BrClF2O2/c1-7-3-14(9(8(2)20)4-12(7)18)21-15-6-13(19)11(17)5-10(15)16/h3-6,8,20H,1-2H3/t8-/m1/s1. The van der Waals surface area contributed by atoms with Crippen LogP contribution >= 0.6 is 27.5 Å². The zero-order valence-electron chi connectivity index (χ0n) is 11.3. The first kappa shape index (κ1) is 16.2. The fourth-order valence-corrected chi connectivity index (χ4v) is 2.51. The second kappa shape index (κ2) is 6.30. The van der Waals surface area contributed by atoms with E-state index in [0.29, 0.717) is 10.0 Å². The molecule has 2 rings (SSSR count). The van der Waals surface area contributed by atoms with Crippen LogP contribution in [0.25, 0.3) is 0 Å². The summed E-state index contributed by atoms with van der Waals surface area (Å²) in [5.74, 6) is -0.636. The molecular weight excluding hydrogens is 366 g/mol. The van der Waals surface area contributed by atoms with Crippen LogP contribution in [0, 0.1) is 18.6 Å². The SMILES string of the molecule is Cc1cc(Oc2cc(F)c(Cl)cc2Br)c([C@@H](C)O)cc1F. The van der Waals surface area contributed by atoms with Gasteiger partial charge in [-0.2, -0.15) is 0 Å². The van der Waals surface area contributed by atoms with E-state index in [2.05, 4.69) is 15.9 Å². The highest BCUT2D eigenvalue weighted by molar-refractivity contribution is 9.10. The Morgan fingerprint density at radius 2 is 1.81 bits per heavy atom. The summed E-state index contributed by atoms with van der Waals surface area (Å²) in [6.45, 7) is 3.07. The number of benzene rings is 2. The number of rotatable bonds is 3. The van der Waals surface area contributed by atoms with Crippen molar-refractivity contribution < 1.29 is 18.6 Å². The predicted octanol–water partition coefficient (Wildman–Crippen LogP) is 5.53. The van der Waals surface area contributed by atoms with Crippen LogP contribution < -0.4 is 4.74 Å². The molecule has 0 aromatic heterocycles. The van der Waals surface area contributed by atoms with E-state index in [9.17, 15) is 13.9 Å². The molecule has 0 heterocycles. The molecule has 0 bridgehead atoms. The number of ether oxygens (including phenoxy) is 1. The molecule has 0 amide bonds. The lowest BCUT2D eigenvalue weighted by Gasteiger charge is -2.15. The molecule has 0 spiro atoms. The number of halogens is 4. The second-order valence-electron chi connectivity index (χ2n) is 4.61. The normalized spacial score (nSPS) is 12.3. The van der Waals surface area contributed by atoms with Crippen molar-refractivity contribution in [3.63, 3.8) is 0 Å². The highest BCUT2D eigenvalue weighted by Gasteiger charge is 2.16. The third-order valence-electron chi connectivity index (χ3n) is 2.94. The second-order valence-corrected chi connectivity index (χ2v) is 5.88. The molecule has 6 heteroatoms. The van der Waals surface area contributed by atoms with Crippen molar-refractivity contribution in [3.05, 3.63) is 56.5 Å². The summed E-state index contributed by atoms with van der Waals surface area (Å²) >= 11 is 8.89. The Labute approximate surface area is 134 Å². The minimum atomic E-state index is -0.925. The van der Waals surface area contributed by atoms with Gasteiger partial charge in [0.15, 0.2) is 0 Å². The van der Waals surface area contributed by atoms with Crippen LogP contribution in [0.5, 0.6) is 11.5 Å². The molecule has 1 N–H and O–H groups in total. The van der Waals surface area contributed by atoms with Gasteiger partial charge >= 0.3 is 0 Å². The number of hydrogen-bond donors (Lipinski definition) is 1. The average Bonchev–Trinajstić information content (AvgIpc) is 2.39. The molecule has 1 atom stereocenters. The molecule has 0 saturated carbocycles. The van der Waals surface area contributed by atoms with Crippen LogP contribution in [0.4, 0.5) is 8.78 Å². The highest BCUT2D eigenvalue weighted by atomic mass is 79.9. The first-order valence-electron chi connectivity index (χ1n) is 6.10. The van der Waals surface area contributed by atoms with Crippen molar-refractivity contribution in [1.82, 2.24) is 0 Å². The Kier molecular flexibility index (Phi) is 4.86. The molecule has 0 radical (unpaired) electrons. The maximum absolute atomic E-state index is 13.6. The lowest BCUT2D eigenvalue weighted by Crippen LogP contribution is -1.99. The molecular formula is C15H12BrClF2O2. The van der Waals surface area contributed by atoms with Crippen LogP contribution in [-0.4, -0.2) is 5.11 Å². The fourth-order valence-electron chi connectivity index (χ4n) is 1.79. The number of aryl methyl sites for hydroxylation is 1. The lowest BCUT2D eigenvalue weighted by molar-refractivity contribution is 0.195. The van der Waals surface area contributed by atoms with E-state index >= 15 is 0 Å². The molecule has 2 nitrogen and oxygen atoms in total. The van der Waals surface area contributed by atoms with E-state index in [1.54, 1.807) is 6.92 Å². The quantitative estimate of drug-likeness (QED) is 0.712. The van der Waals surface area contributed by atoms with E-state index in [4.69, 9.17) is 16.3 Å². The Hall–Kier alpha value is -1.17. The largest absolute Gasteiger partial charge is 0.456 e. The molecule has 0 fully saturated rings. The molecule has 0 unspecified atom stereocenters. The van der Waals surface area contributed by atoms with Crippen LogP contribution in [0.1, 0.15) is 24.2 Å². The Bertz CT molecular complexity index is 690. The van der Waals surface area contributed by atoms with Crippen molar-refractivity contribution in [3.8, 4) is 11.5 Å². The highest BCUT2D eigenvalue weighted by Crippen LogP contribution is 2.37. The minimum Gasteiger partial charge on any atom is -0.456 e. The van der Waals surface area contributed by atoms with Crippen molar-refractivity contribution in [2.75, 3.05) is 0 Å². The summed E-state index contributed by atoms with van der Waals surface area (Å²) in [5.41, 5.74) is 0.639. The summed E-state index contributed by atoms with van der Waals surface area (Å²) in [5, 5.41) is 9.67. The topological polar surface area (TPSA) is 29.5 Å². The maximum atomic E-state index is 13.6. The van der Waals surface area contributed by atoms with E-state index in [-0.39, 0.29) is 22.1 Å². The molecule has 21 heavy (non-hydrogen) atoms. The van der Waals surface area contributed by atoms with Crippen LogP contribution in [0.15, 0.2) is 28.7 Å². The van der Waals surface area contributed by atoms with Gasteiger partial charge in [0.25, 0.3) is 0 Å². The minimum absolute atomic E-state index is 0.0414. The molecule has 112 valence electrons. The number of hydrogen-bond acceptors (Lipinski definition) is 2.